The number of aromatic amines is 1. The number of nitrogens with zero attached hydrogens (tertiary/aromatic N) is 2. The van der Waals surface area contributed by atoms with Crippen LogP contribution in [-0.2, 0) is 0 Å². The lowest BCUT2D eigenvalue weighted by molar-refractivity contribution is 0.0767. The maximum absolute atomic E-state index is 12.8. The molecule has 1 N–H and O–H groups in total. The second kappa shape index (κ2) is 5.53. The highest BCUT2D eigenvalue weighted by atomic mass is 16.2. The van der Waals surface area contributed by atoms with Gasteiger partial charge in [-0.25, -0.2) is 0 Å². The van der Waals surface area contributed by atoms with E-state index in [1.54, 1.807) is 0 Å². The summed E-state index contributed by atoms with van der Waals surface area (Å²) in [6, 6.07) is 13.0. The second-order valence-electron chi connectivity index (χ2n) is 6.95. The van der Waals surface area contributed by atoms with Crippen molar-refractivity contribution < 1.29 is 4.79 Å². The lowest BCUT2D eigenvalue weighted by Gasteiger charge is -2.27. The van der Waals surface area contributed by atoms with Gasteiger partial charge in [0.05, 0.1) is 5.56 Å². The molecule has 0 saturated carbocycles. The molecule has 2 aliphatic rings. The van der Waals surface area contributed by atoms with Crippen molar-refractivity contribution in [2.45, 2.75) is 13.0 Å². The van der Waals surface area contributed by atoms with E-state index >= 15 is 0 Å². The predicted octanol–water partition coefficient (Wildman–Crippen LogP) is 2.70. The zero-order valence-corrected chi connectivity index (χ0v) is 13.7. The third-order valence-corrected chi connectivity index (χ3v) is 5.51. The summed E-state index contributed by atoms with van der Waals surface area (Å²) in [6.07, 6.45) is 1.85. The topological polar surface area (TPSA) is 39.3 Å². The minimum absolute atomic E-state index is 0.174. The SMILES string of the molecule is Cc1[nH]ccc1C(=O)N1C[C@@H]2CN(C)[C@H](c3ccccc3)[C@H]2C1. The van der Waals surface area contributed by atoms with E-state index < -0.39 is 0 Å². The van der Waals surface area contributed by atoms with Crippen molar-refractivity contribution in [2.24, 2.45) is 11.8 Å². The van der Waals surface area contributed by atoms with Crippen LogP contribution in [-0.4, -0.2) is 47.4 Å². The number of hydrogen-bond acceptors (Lipinski definition) is 2. The molecular weight excluding hydrogens is 286 g/mol. The maximum Gasteiger partial charge on any atom is 0.255 e. The highest BCUT2D eigenvalue weighted by molar-refractivity contribution is 5.95. The zero-order chi connectivity index (χ0) is 16.0. The maximum atomic E-state index is 12.8. The Morgan fingerprint density at radius 2 is 1.91 bits per heavy atom. The smallest absolute Gasteiger partial charge is 0.255 e. The first kappa shape index (κ1) is 14.5. The van der Waals surface area contributed by atoms with Gasteiger partial charge in [0, 0.05) is 43.5 Å². The Kier molecular flexibility index (Phi) is 3.49. The molecule has 3 atom stereocenters. The molecule has 2 fully saturated rings. The summed E-state index contributed by atoms with van der Waals surface area (Å²) >= 11 is 0. The van der Waals surface area contributed by atoms with Crippen molar-refractivity contribution in [1.82, 2.24) is 14.8 Å². The number of carbonyl (C=O) groups excluding carboxylic acids is 1. The van der Waals surface area contributed by atoms with E-state index in [1.165, 1.54) is 5.56 Å². The number of rotatable bonds is 2. The summed E-state index contributed by atoms with van der Waals surface area (Å²) in [4.78, 5) is 20.4. The Labute approximate surface area is 137 Å². The third kappa shape index (κ3) is 2.38. The van der Waals surface area contributed by atoms with Crippen LogP contribution in [0.4, 0.5) is 0 Å². The summed E-state index contributed by atoms with van der Waals surface area (Å²) in [5, 5.41) is 0. The van der Waals surface area contributed by atoms with Crippen LogP contribution in [0.15, 0.2) is 42.6 Å². The number of nitrogens with one attached hydrogen (secondary N) is 1. The van der Waals surface area contributed by atoms with Crippen LogP contribution < -0.4 is 0 Å². The molecule has 2 aromatic rings. The largest absolute Gasteiger partial charge is 0.365 e. The van der Waals surface area contributed by atoms with E-state index in [9.17, 15) is 4.79 Å². The second-order valence-corrected chi connectivity index (χ2v) is 6.95. The number of aromatic nitrogens is 1. The molecule has 0 unspecified atom stereocenters. The Hall–Kier alpha value is -2.07. The highest BCUT2D eigenvalue weighted by Crippen LogP contribution is 2.44. The molecule has 1 aromatic heterocycles. The van der Waals surface area contributed by atoms with Crippen LogP contribution in [0.3, 0.4) is 0 Å². The molecular formula is C19H23N3O. The number of benzene rings is 1. The van der Waals surface area contributed by atoms with Gasteiger partial charge in [-0.2, -0.15) is 0 Å². The molecule has 4 rings (SSSR count). The van der Waals surface area contributed by atoms with Gasteiger partial charge in [-0.3, -0.25) is 9.69 Å². The van der Waals surface area contributed by atoms with Gasteiger partial charge in [0.15, 0.2) is 0 Å². The van der Waals surface area contributed by atoms with E-state index in [0.717, 1.165) is 30.9 Å². The van der Waals surface area contributed by atoms with Crippen LogP contribution in [0.2, 0.25) is 0 Å². The number of amides is 1. The number of likely N-dealkylation sites (tertiary alicyclic amines) is 2. The average molecular weight is 309 g/mol. The van der Waals surface area contributed by atoms with Gasteiger partial charge in [0.25, 0.3) is 5.91 Å². The van der Waals surface area contributed by atoms with E-state index in [1.807, 2.05) is 19.2 Å². The lowest BCUT2D eigenvalue weighted by atomic mass is 9.90. The molecule has 0 aliphatic carbocycles. The van der Waals surface area contributed by atoms with Gasteiger partial charge in [0.1, 0.15) is 0 Å². The Bertz CT molecular complexity index is 708. The first-order chi connectivity index (χ1) is 11.1. The number of aryl methyl sites for hydroxylation is 1. The van der Waals surface area contributed by atoms with Gasteiger partial charge in [0.2, 0.25) is 0 Å². The van der Waals surface area contributed by atoms with Crippen molar-refractivity contribution in [3.63, 3.8) is 0 Å². The molecule has 0 radical (unpaired) electrons. The summed E-state index contributed by atoms with van der Waals surface area (Å²) < 4.78 is 0. The molecule has 1 aromatic carbocycles. The first-order valence-electron chi connectivity index (χ1n) is 8.33. The fourth-order valence-corrected chi connectivity index (χ4v) is 4.43. The summed E-state index contributed by atoms with van der Waals surface area (Å²) in [6.45, 7) is 4.77. The van der Waals surface area contributed by atoms with Crippen LogP contribution in [0.25, 0.3) is 0 Å². The standard InChI is InChI=1S/C19H23N3O/c1-13-16(8-9-20-13)19(23)22-11-15-10-21(2)18(17(15)12-22)14-6-4-3-5-7-14/h3-9,15,17-18,20H,10-12H2,1-2H3/t15-,17-,18+/m0/s1. The molecule has 2 saturated heterocycles. The molecule has 2 aliphatic heterocycles. The fraction of sp³-hybridized carbons (Fsp3) is 0.421. The summed E-state index contributed by atoms with van der Waals surface area (Å²) in [5.74, 6) is 1.28. The quantitative estimate of drug-likeness (QED) is 0.926. The van der Waals surface area contributed by atoms with E-state index in [4.69, 9.17) is 0 Å². The van der Waals surface area contributed by atoms with Crippen LogP contribution >= 0.6 is 0 Å². The van der Waals surface area contributed by atoms with Crippen molar-refractivity contribution in [3.05, 3.63) is 59.4 Å². The number of hydrogen-bond donors (Lipinski definition) is 1. The predicted molar refractivity (Wildman–Crippen MR) is 90.2 cm³/mol. The molecule has 120 valence electrons. The number of H-pyrrole nitrogens is 1. The summed E-state index contributed by atoms with van der Waals surface area (Å²) in [7, 11) is 2.21. The van der Waals surface area contributed by atoms with Gasteiger partial charge in [-0.15, -0.1) is 0 Å². The van der Waals surface area contributed by atoms with Crippen molar-refractivity contribution in [1.29, 1.82) is 0 Å². The normalized spacial score (nSPS) is 27.4. The minimum Gasteiger partial charge on any atom is -0.365 e. The van der Waals surface area contributed by atoms with Gasteiger partial charge >= 0.3 is 0 Å². The van der Waals surface area contributed by atoms with Crippen molar-refractivity contribution >= 4 is 5.91 Å². The van der Waals surface area contributed by atoms with Crippen LogP contribution in [0.5, 0.6) is 0 Å². The molecule has 0 bridgehead atoms. The lowest BCUT2D eigenvalue weighted by Crippen LogP contribution is -2.33. The number of carbonyl (C=O) groups is 1. The molecule has 3 heterocycles. The molecule has 1 amide bonds. The van der Waals surface area contributed by atoms with Crippen LogP contribution in [0.1, 0.15) is 27.7 Å². The molecule has 4 nitrogen and oxygen atoms in total. The highest BCUT2D eigenvalue weighted by Gasteiger charge is 2.47. The summed E-state index contributed by atoms with van der Waals surface area (Å²) in [5.41, 5.74) is 3.15. The van der Waals surface area contributed by atoms with E-state index in [0.29, 0.717) is 17.9 Å². The van der Waals surface area contributed by atoms with E-state index in [-0.39, 0.29) is 5.91 Å². The third-order valence-electron chi connectivity index (χ3n) is 5.51. The monoisotopic (exact) mass is 309 g/mol. The van der Waals surface area contributed by atoms with Crippen LogP contribution in [0, 0.1) is 18.8 Å². The van der Waals surface area contributed by atoms with Gasteiger partial charge in [-0.1, -0.05) is 30.3 Å². The first-order valence-corrected chi connectivity index (χ1v) is 8.33. The number of fused-ring (bicyclic) bond motifs is 1. The average Bonchev–Trinajstić information content (AvgIpc) is 3.21. The molecule has 0 spiro atoms. The van der Waals surface area contributed by atoms with Gasteiger partial charge < -0.3 is 9.88 Å². The van der Waals surface area contributed by atoms with E-state index in [2.05, 4.69) is 52.2 Å². The Morgan fingerprint density at radius 3 is 2.61 bits per heavy atom. The Balaban J connectivity index is 1.56. The molecule has 4 heteroatoms. The zero-order valence-electron chi connectivity index (χ0n) is 13.7. The fourth-order valence-electron chi connectivity index (χ4n) is 4.43. The molecule has 23 heavy (non-hydrogen) atoms. The van der Waals surface area contributed by atoms with Crippen molar-refractivity contribution in [3.8, 4) is 0 Å². The minimum atomic E-state index is 0.174. The Morgan fingerprint density at radius 1 is 1.13 bits per heavy atom. The van der Waals surface area contributed by atoms with Crippen molar-refractivity contribution in [2.75, 3.05) is 26.7 Å². The van der Waals surface area contributed by atoms with Gasteiger partial charge in [-0.05, 0) is 31.5 Å².